The highest BCUT2D eigenvalue weighted by Crippen LogP contribution is 2.04. The van der Waals surface area contributed by atoms with Crippen molar-refractivity contribution < 1.29 is 14.1 Å². The highest BCUT2D eigenvalue weighted by Gasteiger charge is 2.11. The Morgan fingerprint density at radius 2 is 2.41 bits per heavy atom. The smallest absolute Gasteiger partial charge is 0.273 e. The number of carbonyl (C=O) groups is 1. The van der Waals surface area contributed by atoms with Gasteiger partial charge in [0, 0.05) is 25.8 Å². The Hall–Kier alpha value is -1.11. The summed E-state index contributed by atoms with van der Waals surface area (Å²) in [7, 11) is 1.55. The third-order valence-corrected chi connectivity index (χ3v) is 1.96. The fourth-order valence-corrected chi connectivity index (χ4v) is 1.13. The minimum absolute atomic E-state index is 0. The van der Waals surface area contributed by atoms with Gasteiger partial charge in [-0.05, 0) is 13.3 Å². The Balaban J connectivity index is 0.00000256. The number of nitrogens with zero attached hydrogens (tertiary/aromatic N) is 1. The van der Waals surface area contributed by atoms with Gasteiger partial charge in [0.25, 0.3) is 5.91 Å². The number of amides is 1. The van der Waals surface area contributed by atoms with Crippen molar-refractivity contribution in [1.82, 2.24) is 10.5 Å². The summed E-state index contributed by atoms with van der Waals surface area (Å²) in [6.45, 7) is 2.72. The van der Waals surface area contributed by atoms with Gasteiger partial charge < -0.3 is 20.3 Å². The minimum Gasteiger partial charge on any atom is -0.377 e. The van der Waals surface area contributed by atoms with Gasteiger partial charge >= 0.3 is 0 Å². The first-order valence-electron chi connectivity index (χ1n) is 5.11. The highest BCUT2D eigenvalue weighted by molar-refractivity contribution is 5.92. The third-order valence-electron chi connectivity index (χ3n) is 1.96. The second kappa shape index (κ2) is 8.05. The van der Waals surface area contributed by atoms with Crippen molar-refractivity contribution in [2.45, 2.75) is 26.0 Å². The molecule has 17 heavy (non-hydrogen) atoms. The molecule has 0 aliphatic heterocycles. The molecule has 1 aromatic heterocycles. The van der Waals surface area contributed by atoms with E-state index in [2.05, 4.69) is 10.5 Å². The molecule has 0 aliphatic carbocycles. The number of methoxy groups -OCH3 is 1. The van der Waals surface area contributed by atoms with Crippen LogP contribution in [0.1, 0.15) is 29.6 Å². The van der Waals surface area contributed by atoms with Gasteiger partial charge in [0.2, 0.25) is 0 Å². The maximum Gasteiger partial charge on any atom is 0.273 e. The molecule has 3 N–H and O–H groups in total. The van der Waals surface area contributed by atoms with E-state index in [1.165, 1.54) is 0 Å². The van der Waals surface area contributed by atoms with Crippen LogP contribution in [-0.4, -0.2) is 30.8 Å². The van der Waals surface area contributed by atoms with Crippen LogP contribution >= 0.6 is 12.4 Å². The summed E-state index contributed by atoms with van der Waals surface area (Å²) < 4.78 is 9.74. The van der Waals surface area contributed by atoms with E-state index >= 15 is 0 Å². The lowest BCUT2D eigenvalue weighted by Crippen LogP contribution is -2.29. The number of aromatic nitrogens is 1. The molecule has 7 heteroatoms. The Labute approximate surface area is 106 Å². The van der Waals surface area contributed by atoms with Gasteiger partial charge in [0.05, 0.1) is 0 Å². The molecule has 0 aromatic carbocycles. The van der Waals surface area contributed by atoms with E-state index < -0.39 is 0 Å². The third kappa shape index (κ3) is 5.67. The molecule has 1 atom stereocenters. The quantitative estimate of drug-likeness (QED) is 0.789. The van der Waals surface area contributed by atoms with E-state index in [4.69, 9.17) is 15.0 Å². The molecule has 1 rings (SSSR count). The monoisotopic (exact) mass is 263 g/mol. The predicted octanol–water partition coefficient (Wildman–Crippen LogP) is 0.710. The zero-order valence-electron chi connectivity index (χ0n) is 9.93. The number of rotatable bonds is 6. The van der Waals surface area contributed by atoms with E-state index in [0.29, 0.717) is 18.9 Å². The first kappa shape index (κ1) is 15.9. The molecule has 6 nitrogen and oxygen atoms in total. The number of carbonyl (C=O) groups excluding carboxylic acids is 1. The molecule has 0 saturated heterocycles. The van der Waals surface area contributed by atoms with E-state index in [-0.39, 0.29) is 30.0 Å². The van der Waals surface area contributed by atoms with Crippen LogP contribution in [0.25, 0.3) is 0 Å². The standard InChI is InChI=1S/C10H17N3O3.ClH/c1-7(11)3-4-12-10(14)9-5-8(6-15-2)16-13-9;/h5,7H,3-4,6,11H2,1-2H3,(H,12,14);1H. The molecular weight excluding hydrogens is 246 g/mol. The SMILES string of the molecule is COCc1cc(C(=O)NCCC(C)N)no1.Cl. The van der Waals surface area contributed by atoms with Crippen molar-refractivity contribution in [3.63, 3.8) is 0 Å². The fraction of sp³-hybridized carbons (Fsp3) is 0.600. The molecule has 1 heterocycles. The molecule has 0 spiro atoms. The summed E-state index contributed by atoms with van der Waals surface area (Å²) in [4.78, 5) is 11.5. The number of hydrogen-bond donors (Lipinski definition) is 2. The van der Waals surface area contributed by atoms with E-state index in [1.54, 1.807) is 13.2 Å². The van der Waals surface area contributed by atoms with Gasteiger partial charge in [-0.25, -0.2) is 0 Å². The average Bonchev–Trinajstić information content (AvgIpc) is 2.66. The van der Waals surface area contributed by atoms with Crippen molar-refractivity contribution in [2.24, 2.45) is 5.73 Å². The van der Waals surface area contributed by atoms with Crippen LogP contribution in [0, 0.1) is 0 Å². The minimum atomic E-state index is -0.258. The number of hydrogen-bond acceptors (Lipinski definition) is 5. The Morgan fingerprint density at radius 1 is 1.71 bits per heavy atom. The maximum atomic E-state index is 11.5. The van der Waals surface area contributed by atoms with Crippen LogP contribution in [0.5, 0.6) is 0 Å². The lowest BCUT2D eigenvalue weighted by molar-refractivity contribution is 0.0943. The molecule has 0 aliphatic rings. The van der Waals surface area contributed by atoms with Crippen LogP contribution in [-0.2, 0) is 11.3 Å². The Kier molecular flexibility index (Phi) is 7.53. The van der Waals surface area contributed by atoms with Gasteiger partial charge in [-0.15, -0.1) is 12.4 Å². The summed E-state index contributed by atoms with van der Waals surface area (Å²) >= 11 is 0. The highest BCUT2D eigenvalue weighted by atomic mass is 35.5. The molecule has 1 aromatic rings. The van der Waals surface area contributed by atoms with Gasteiger partial charge in [-0.3, -0.25) is 4.79 Å². The van der Waals surface area contributed by atoms with Crippen molar-refractivity contribution in [2.75, 3.05) is 13.7 Å². The largest absolute Gasteiger partial charge is 0.377 e. The summed E-state index contributed by atoms with van der Waals surface area (Å²) in [5.41, 5.74) is 5.82. The summed E-state index contributed by atoms with van der Waals surface area (Å²) in [6.07, 6.45) is 0.731. The average molecular weight is 264 g/mol. The van der Waals surface area contributed by atoms with Crippen molar-refractivity contribution in [3.8, 4) is 0 Å². The number of nitrogens with one attached hydrogen (secondary N) is 1. The van der Waals surface area contributed by atoms with Crippen LogP contribution in [0.2, 0.25) is 0 Å². The van der Waals surface area contributed by atoms with Crippen LogP contribution in [0.15, 0.2) is 10.6 Å². The molecule has 98 valence electrons. The Bertz CT molecular complexity index is 341. The second-order valence-electron chi connectivity index (χ2n) is 3.63. The summed E-state index contributed by atoms with van der Waals surface area (Å²) in [6, 6.07) is 1.63. The zero-order valence-corrected chi connectivity index (χ0v) is 10.8. The lowest BCUT2D eigenvalue weighted by Gasteiger charge is -2.04. The normalized spacial score (nSPS) is 11.7. The summed E-state index contributed by atoms with van der Waals surface area (Å²) in [5.74, 6) is 0.270. The molecule has 0 radical (unpaired) electrons. The van der Waals surface area contributed by atoms with Crippen LogP contribution in [0.3, 0.4) is 0 Å². The van der Waals surface area contributed by atoms with E-state index in [1.807, 2.05) is 6.92 Å². The van der Waals surface area contributed by atoms with Crippen molar-refractivity contribution in [1.29, 1.82) is 0 Å². The molecular formula is C10H18ClN3O3. The molecule has 0 fully saturated rings. The van der Waals surface area contributed by atoms with Crippen LogP contribution in [0.4, 0.5) is 0 Å². The van der Waals surface area contributed by atoms with Crippen molar-refractivity contribution in [3.05, 3.63) is 17.5 Å². The van der Waals surface area contributed by atoms with Crippen LogP contribution < -0.4 is 11.1 Å². The molecule has 1 amide bonds. The van der Waals surface area contributed by atoms with E-state index in [0.717, 1.165) is 6.42 Å². The molecule has 0 saturated carbocycles. The van der Waals surface area contributed by atoms with E-state index in [9.17, 15) is 4.79 Å². The first-order valence-corrected chi connectivity index (χ1v) is 5.11. The topological polar surface area (TPSA) is 90.4 Å². The number of halogens is 1. The van der Waals surface area contributed by atoms with Crippen molar-refractivity contribution >= 4 is 18.3 Å². The van der Waals surface area contributed by atoms with Gasteiger partial charge in [-0.1, -0.05) is 5.16 Å². The summed E-state index contributed by atoms with van der Waals surface area (Å²) in [5, 5.41) is 6.34. The number of ether oxygens (including phenoxy) is 1. The predicted molar refractivity (Wildman–Crippen MR) is 65.1 cm³/mol. The lowest BCUT2D eigenvalue weighted by atomic mass is 10.2. The Morgan fingerprint density at radius 3 is 3.00 bits per heavy atom. The number of nitrogens with two attached hydrogens (primary N) is 1. The maximum absolute atomic E-state index is 11.5. The van der Waals surface area contributed by atoms with Gasteiger partial charge in [0.15, 0.2) is 11.5 Å². The van der Waals surface area contributed by atoms with Gasteiger partial charge in [-0.2, -0.15) is 0 Å². The second-order valence-corrected chi connectivity index (χ2v) is 3.63. The first-order chi connectivity index (χ1) is 7.63. The van der Waals surface area contributed by atoms with Gasteiger partial charge in [0.1, 0.15) is 6.61 Å². The zero-order chi connectivity index (χ0) is 12.0. The fourth-order valence-electron chi connectivity index (χ4n) is 1.13. The molecule has 1 unspecified atom stereocenters. The molecule has 0 bridgehead atoms.